The molecule has 0 spiro atoms. The van der Waals surface area contributed by atoms with Crippen LogP contribution in [0, 0.1) is 6.92 Å². The van der Waals surface area contributed by atoms with Gasteiger partial charge in [0.25, 0.3) is 0 Å². The van der Waals surface area contributed by atoms with Gasteiger partial charge in [0.1, 0.15) is 12.3 Å². The van der Waals surface area contributed by atoms with E-state index in [1.165, 1.54) is 18.3 Å². The van der Waals surface area contributed by atoms with Gasteiger partial charge in [-0.3, -0.25) is 9.59 Å². The van der Waals surface area contributed by atoms with Crippen LogP contribution in [-0.4, -0.2) is 36.0 Å². The number of aromatic nitrogens is 1. The molecule has 0 bridgehead atoms. The number of H-pyrrole nitrogens is 1. The summed E-state index contributed by atoms with van der Waals surface area (Å²) in [6, 6.07) is 9.54. The summed E-state index contributed by atoms with van der Waals surface area (Å²) in [5.74, 6) is -0.623. The number of ether oxygens (including phenoxy) is 2. The van der Waals surface area contributed by atoms with Crippen molar-refractivity contribution in [2.75, 3.05) is 7.11 Å². The third kappa shape index (κ3) is 7.73. The predicted octanol–water partition coefficient (Wildman–Crippen LogP) is 5.15. The molecule has 8 heteroatoms. The highest BCUT2D eigenvalue weighted by molar-refractivity contribution is 5.96. The highest BCUT2D eigenvalue weighted by Crippen LogP contribution is 2.38. The number of esters is 2. The number of ketones is 1. The smallest absolute Gasteiger partial charge is 0.373 e. The van der Waals surface area contributed by atoms with Crippen molar-refractivity contribution in [1.82, 2.24) is 4.98 Å². The minimum Gasteiger partial charge on any atom is -0.469 e. The van der Waals surface area contributed by atoms with Gasteiger partial charge in [0.15, 0.2) is 5.78 Å². The lowest BCUT2D eigenvalue weighted by molar-refractivity contribution is -0.191. The van der Waals surface area contributed by atoms with E-state index in [0.717, 1.165) is 46.4 Å². The standard InChI is InChI=1S/C29H35NO5.CO2/c1-6-10-23-18(2)25(20(4)31)15-22(23)16-26-24(13-14-27(32)34-5)19(3)28(30-26)29(33)35-17-21-11-8-7-9-12-21;2-1-3/h7-9,11-12,30H,6,10,13-17H2,1-5H3;. The second kappa shape index (κ2) is 14.6. The van der Waals surface area contributed by atoms with Crippen LogP contribution >= 0.6 is 0 Å². The van der Waals surface area contributed by atoms with Crippen molar-refractivity contribution in [3.8, 4) is 0 Å². The molecule has 1 aromatic heterocycles. The molecule has 1 heterocycles. The highest BCUT2D eigenvalue weighted by atomic mass is 16.5. The number of hydrogen-bond acceptors (Lipinski definition) is 7. The number of Topliss-reactive ketones (excluding diaryl/α,β-unsaturated/α-hetero) is 1. The number of carbonyl (C=O) groups is 3. The van der Waals surface area contributed by atoms with Gasteiger partial charge in [-0.15, -0.1) is 0 Å². The molecule has 0 unspecified atom stereocenters. The third-order valence-corrected chi connectivity index (χ3v) is 6.73. The van der Waals surface area contributed by atoms with Crippen molar-refractivity contribution in [3.05, 3.63) is 80.7 Å². The Balaban J connectivity index is 0.00000161. The highest BCUT2D eigenvalue weighted by Gasteiger charge is 2.27. The van der Waals surface area contributed by atoms with Gasteiger partial charge in [0.05, 0.1) is 7.11 Å². The first kappa shape index (κ1) is 30.2. The average molecular weight is 522 g/mol. The van der Waals surface area contributed by atoms with E-state index < -0.39 is 5.97 Å². The zero-order chi connectivity index (χ0) is 28.2. The average Bonchev–Trinajstić information content (AvgIpc) is 3.38. The Morgan fingerprint density at radius 1 is 1.05 bits per heavy atom. The summed E-state index contributed by atoms with van der Waals surface area (Å²) in [5.41, 5.74) is 8.29. The number of aromatic amines is 1. The zero-order valence-corrected chi connectivity index (χ0v) is 22.7. The minimum absolute atomic E-state index is 0.102. The second-order valence-electron chi connectivity index (χ2n) is 9.15. The van der Waals surface area contributed by atoms with E-state index in [9.17, 15) is 14.4 Å². The molecule has 0 fully saturated rings. The number of benzene rings is 1. The molecule has 0 saturated carbocycles. The molecule has 38 heavy (non-hydrogen) atoms. The van der Waals surface area contributed by atoms with Gasteiger partial charge >= 0.3 is 18.1 Å². The van der Waals surface area contributed by atoms with Crippen molar-refractivity contribution < 1.29 is 33.4 Å². The minimum atomic E-state index is -0.426. The van der Waals surface area contributed by atoms with Gasteiger partial charge in [0, 0.05) is 24.1 Å². The molecule has 0 radical (unpaired) electrons. The largest absolute Gasteiger partial charge is 0.469 e. The molecular weight excluding hydrogens is 486 g/mol. The van der Waals surface area contributed by atoms with Crippen molar-refractivity contribution in [2.45, 2.75) is 72.8 Å². The number of carbonyl (C=O) groups excluding carboxylic acids is 5. The fourth-order valence-electron chi connectivity index (χ4n) is 4.80. The van der Waals surface area contributed by atoms with Crippen LogP contribution in [0.2, 0.25) is 0 Å². The molecule has 1 aromatic carbocycles. The molecule has 8 nitrogen and oxygen atoms in total. The molecule has 1 N–H and O–H groups in total. The second-order valence-corrected chi connectivity index (χ2v) is 9.15. The van der Waals surface area contributed by atoms with Gasteiger partial charge in [-0.2, -0.15) is 9.59 Å². The molecule has 1 aliphatic carbocycles. The topological polar surface area (TPSA) is 120 Å². The number of hydrogen-bond donors (Lipinski definition) is 1. The summed E-state index contributed by atoms with van der Waals surface area (Å²) in [5, 5.41) is 0. The Morgan fingerprint density at radius 3 is 2.29 bits per heavy atom. The lowest BCUT2D eigenvalue weighted by Gasteiger charge is -2.10. The monoisotopic (exact) mass is 521 g/mol. The Labute approximate surface area is 223 Å². The van der Waals surface area contributed by atoms with Crippen molar-refractivity contribution >= 4 is 23.9 Å². The van der Waals surface area contributed by atoms with Crippen LogP contribution in [0.5, 0.6) is 0 Å². The summed E-state index contributed by atoms with van der Waals surface area (Å²) in [4.78, 5) is 56.6. The number of rotatable bonds is 11. The molecule has 0 aliphatic heterocycles. The van der Waals surface area contributed by atoms with Gasteiger partial charge < -0.3 is 14.5 Å². The number of allylic oxidation sites excluding steroid dienone is 4. The summed E-state index contributed by atoms with van der Waals surface area (Å²) < 4.78 is 10.4. The Bertz CT molecular complexity index is 1260. The van der Waals surface area contributed by atoms with Crippen LogP contribution < -0.4 is 0 Å². The van der Waals surface area contributed by atoms with Crippen molar-refractivity contribution in [2.24, 2.45) is 0 Å². The molecule has 2 aromatic rings. The maximum absolute atomic E-state index is 13.0. The maximum atomic E-state index is 13.0. The van der Waals surface area contributed by atoms with Crippen molar-refractivity contribution in [1.29, 1.82) is 0 Å². The van der Waals surface area contributed by atoms with Crippen LogP contribution in [0.25, 0.3) is 0 Å². The molecule has 0 saturated heterocycles. The third-order valence-electron chi connectivity index (χ3n) is 6.73. The molecule has 0 amide bonds. The van der Waals surface area contributed by atoms with E-state index in [1.807, 2.05) is 44.2 Å². The lowest BCUT2D eigenvalue weighted by Crippen LogP contribution is -2.07. The fraction of sp³-hybridized carbons (Fsp3) is 0.400. The summed E-state index contributed by atoms with van der Waals surface area (Å²) >= 11 is 0. The van der Waals surface area contributed by atoms with E-state index >= 15 is 0 Å². The first-order valence-corrected chi connectivity index (χ1v) is 12.6. The molecule has 0 atom stereocenters. The molecule has 3 rings (SSSR count). The van der Waals surface area contributed by atoms with Gasteiger partial charge in [-0.25, -0.2) is 4.79 Å². The lowest BCUT2D eigenvalue weighted by atomic mass is 9.95. The van der Waals surface area contributed by atoms with Gasteiger partial charge in [0.2, 0.25) is 0 Å². The first-order chi connectivity index (χ1) is 18.2. The molecule has 202 valence electrons. The summed E-state index contributed by atoms with van der Waals surface area (Å²) in [6.45, 7) is 7.84. The first-order valence-electron chi connectivity index (χ1n) is 12.6. The van der Waals surface area contributed by atoms with Crippen LogP contribution in [0.1, 0.15) is 79.3 Å². The maximum Gasteiger partial charge on any atom is 0.373 e. The number of methoxy groups -OCH3 is 1. The van der Waals surface area contributed by atoms with Crippen LogP contribution in [0.3, 0.4) is 0 Å². The quantitative estimate of drug-likeness (QED) is 0.406. The van der Waals surface area contributed by atoms with E-state index in [-0.39, 0.29) is 30.9 Å². The fourth-order valence-corrected chi connectivity index (χ4v) is 4.80. The summed E-state index contributed by atoms with van der Waals surface area (Å²) in [7, 11) is 1.37. The van der Waals surface area contributed by atoms with Crippen LogP contribution in [-0.2, 0) is 48.1 Å². The van der Waals surface area contributed by atoms with Gasteiger partial charge in [-0.1, -0.05) is 49.2 Å². The van der Waals surface area contributed by atoms with Crippen molar-refractivity contribution in [3.63, 3.8) is 0 Å². The SMILES string of the molecule is CCCC1=C(Cc2[nH]c(C(=O)OCc3ccccc3)c(C)c2CCC(=O)OC)CC(C(C)=O)=C1C.O=C=O. The molecular formula is C30H35NO7. The normalized spacial score (nSPS) is 12.6. The molecule has 1 aliphatic rings. The van der Waals surface area contributed by atoms with E-state index in [1.54, 1.807) is 6.92 Å². The Morgan fingerprint density at radius 2 is 1.71 bits per heavy atom. The summed E-state index contributed by atoms with van der Waals surface area (Å²) in [6.07, 6.45) is 4.03. The Hall–Kier alpha value is -4.03. The van der Waals surface area contributed by atoms with Crippen LogP contribution in [0.4, 0.5) is 0 Å². The zero-order valence-electron chi connectivity index (χ0n) is 22.7. The van der Waals surface area contributed by atoms with Crippen LogP contribution in [0.15, 0.2) is 52.6 Å². The van der Waals surface area contributed by atoms with E-state index in [2.05, 4.69) is 11.9 Å². The number of nitrogens with one attached hydrogen (secondary N) is 1. The van der Waals surface area contributed by atoms with E-state index in [0.29, 0.717) is 25.0 Å². The van der Waals surface area contributed by atoms with Gasteiger partial charge in [-0.05, 0) is 67.9 Å². The Kier molecular flexibility index (Phi) is 11.6. The predicted molar refractivity (Wildman–Crippen MR) is 140 cm³/mol. The van der Waals surface area contributed by atoms with E-state index in [4.69, 9.17) is 19.1 Å².